The van der Waals surface area contributed by atoms with Crippen molar-refractivity contribution in [1.29, 1.82) is 0 Å². The Morgan fingerprint density at radius 1 is 1.10 bits per heavy atom. The number of fused-ring (bicyclic) bond motifs is 3. The molecule has 2 heterocycles. The molecular formula is C16H30N4. The monoisotopic (exact) mass is 278 g/mol. The van der Waals surface area contributed by atoms with Crippen LogP contribution < -0.4 is 5.32 Å². The summed E-state index contributed by atoms with van der Waals surface area (Å²) in [6.45, 7) is 15.7. The van der Waals surface area contributed by atoms with Gasteiger partial charge in [0.05, 0.1) is 6.54 Å². The van der Waals surface area contributed by atoms with Crippen molar-refractivity contribution in [2.75, 3.05) is 58.9 Å². The fraction of sp³-hybridized carbons (Fsp3) is 0.688. The summed E-state index contributed by atoms with van der Waals surface area (Å²) in [5.41, 5.74) is 0. The predicted molar refractivity (Wildman–Crippen MR) is 88.7 cm³/mol. The van der Waals surface area contributed by atoms with Crippen LogP contribution in [0.1, 0.15) is 13.3 Å². The minimum absolute atomic E-state index is 0.924. The van der Waals surface area contributed by atoms with Gasteiger partial charge in [-0.05, 0) is 26.4 Å². The first-order valence-electron chi connectivity index (χ1n) is 7.74. The fourth-order valence-electron chi connectivity index (χ4n) is 2.37. The van der Waals surface area contributed by atoms with E-state index in [2.05, 4.69) is 26.7 Å². The van der Waals surface area contributed by atoms with Gasteiger partial charge in [-0.1, -0.05) is 24.8 Å². The number of nitrogens with zero attached hydrogens (tertiary/aromatic N) is 3. The van der Waals surface area contributed by atoms with E-state index >= 15 is 0 Å². The molecule has 20 heavy (non-hydrogen) atoms. The Labute approximate surface area is 124 Å². The molecule has 114 valence electrons. The van der Waals surface area contributed by atoms with E-state index in [-0.39, 0.29) is 0 Å². The van der Waals surface area contributed by atoms with Gasteiger partial charge in [-0.2, -0.15) is 0 Å². The number of hydrogen-bond donors (Lipinski definition) is 1. The van der Waals surface area contributed by atoms with E-state index in [1.807, 2.05) is 25.3 Å². The summed E-state index contributed by atoms with van der Waals surface area (Å²) in [7, 11) is 0. The maximum absolute atomic E-state index is 4.41. The highest BCUT2D eigenvalue weighted by molar-refractivity contribution is 5.59. The van der Waals surface area contributed by atoms with Crippen LogP contribution in [0.2, 0.25) is 0 Å². The van der Waals surface area contributed by atoms with Crippen LogP contribution in [0, 0.1) is 0 Å². The van der Waals surface area contributed by atoms with Crippen LogP contribution in [-0.2, 0) is 0 Å². The third kappa shape index (κ3) is 8.25. The van der Waals surface area contributed by atoms with Crippen LogP contribution in [-0.4, -0.2) is 74.9 Å². The van der Waals surface area contributed by atoms with Gasteiger partial charge in [0, 0.05) is 45.5 Å². The third-order valence-corrected chi connectivity index (χ3v) is 3.52. The van der Waals surface area contributed by atoms with Gasteiger partial charge < -0.3 is 15.1 Å². The smallest absolute Gasteiger partial charge is 0.0513 e. The summed E-state index contributed by atoms with van der Waals surface area (Å²) in [6, 6.07) is 0. The largest absolute Gasteiger partial charge is 0.310 e. The van der Waals surface area contributed by atoms with Crippen molar-refractivity contribution in [3.63, 3.8) is 0 Å². The predicted octanol–water partition coefficient (Wildman–Crippen LogP) is 1.42. The maximum atomic E-state index is 4.41. The first-order valence-corrected chi connectivity index (χ1v) is 7.74. The molecule has 0 aromatic rings. The highest BCUT2D eigenvalue weighted by Crippen LogP contribution is 2.02. The maximum Gasteiger partial charge on any atom is 0.0513 e. The molecule has 0 aromatic carbocycles. The lowest BCUT2D eigenvalue weighted by atomic mass is 10.4. The zero-order valence-corrected chi connectivity index (χ0v) is 12.9. The van der Waals surface area contributed by atoms with Gasteiger partial charge in [0.25, 0.3) is 0 Å². The van der Waals surface area contributed by atoms with E-state index < -0.39 is 0 Å². The summed E-state index contributed by atoms with van der Waals surface area (Å²) in [5, 5.41) is 3.40. The van der Waals surface area contributed by atoms with Crippen LogP contribution in [0.3, 0.4) is 0 Å². The summed E-state index contributed by atoms with van der Waals surface area (Å²) < 4.78 is 0. The zero-order valence-electron chi connectivity index (χ0n) is 12.9. The Bertz CT molecular complexity index is 299. The zero-order chi connectivity index (χ0) is 14.5. The molecule has 0 radical (unpaired) electrons. The van der Waals surface area contributed by atoms with Gasteiger partial charge in [-0.3, -0.25) is 4.99 Å². The van der Waals surface area contributed by atoms with Gasteiger partial charge in [0.15, 0.2) is 0 Å². The average Bonchev–Trinajstić information content (AvgIpc) is 2.66. The molecule has 2 unspecified atom stereocenters. The van der Waals surface area contributed by atoms with Gasteiger partial charge in [0.1, 0.15) is 0 Å². The second-order valence-electron chi connectivity index (χ2n) is 5.09. The molecule has 0 spiro atoms. The number of allylic oxidation sites excluding steroid dienone is 3. The minimum atomic E-state index is 0.924. The minimum Gasteiger partial charge on any atom is -0.310 e. The molecule has 0 aliphatic carbocycles. The Balaban J connectivity index is 0.000000347. The van der Waals surface area contributed by atoms with Gasteiger partial charge in [0.2, 0.25) is 0 Å². The van der Waals surface area contributed by atoms with E-state index in [0.29, 0.717) is 0 Å². The summed E-state index contributed by atoms with van der Waals surface area (Å²) in [6.07, 6.45) is 8.90. The highest BCUT2D eigenvalue weighted by atomic mass is 15.2. The van der Waals surface area contributed by atoms with Crippen molar-refractivity contribution in [2.24, 2.45) is 4.99 Å². The summed E-state index contributed by atoms with van der Waals surface area (Å²) >= 11 is 0. The third-order valence-electron chi connectivity index (χ3n) is 3.52. The number of nitrogens with one attached hydrogen (secondary N) is 1. The molecule has 2 bridgehead atoms. The summed E-state index contributed by atoms with van der Waals surface area (Å²) in [4.78, 5) is 9.53. The SMILES string of the molecule is C1=NCCN2CCCN(CCNC1)CC2.C=C/C=C\C. The Hall–Kier alpha value is -0.970. The second kappa shape index (κ2) is 11.8. The molecular weight excluding hydrogens is 248 g/mol. The first kappa shape index (κ1) is 17.1. The van der Waals surface area contributed by atoms with Gasteiger partial charge >= 0.3 is 0 Å². The lowest BCUT2D eigenvalue weighted by Crippen LogP contribution is -2.36. The molecule has 2 aliphatic heterocycles. The van der Waals surface area contributed by atoms with Crippen LogP contribution in [0.25, 0.3) is 0 Å². The van der Waals surface area contributed by atoms with Gasteiger partial charge in [-0.15, -0.1) is 0 Å². The number of rotatable bonds is 1. The lowest BCUT2D eigenvalue weighted by Gasteiger charge is -2.21. The number of aliphatic imine (C=N–C) groups is 1. The van der Waals surface area contributed by atoms with Crippen molar-refractivity contribution in [3.05, 3.63) is 24.8 Å². The van der Waals surface area contributed by atoms with E-state index in [0.717, 1.165) is 26.2 Å². The van der Waals surface area contributed by atoms with Crippen LogP contribution >= 0.6 is 0 Å². The van der Waals surface area contributed by atoms with Crippen molar-refractivity contribution in [3.8, 4) is 0 Å². The Morgan fingerprint density at radius 3 is 2.50 bits per heavy atom. The Morgan fingerprint density at radius 2 is 1.85 bits per heavy atom. The second-order valence-corrected chi connectivity index (χ2v) is 5.09. The lowest BCUT2D eigenvalue weighted by molar-refractivity contribution is 0.260. The van der Waals surface area contributed by atoms with Crippen molar-refractivity contribution >= 4 is 6.21 Å². The molecule has 2 aliphatic rings. The molecule has 2 atom stereocenters. The molecule has 1 N–H and O–H groups in total. The molecule has 0 amide bonds. The summed E-state index contributed by atoms with van der Waals surface area (Å²) in [5.74, 6) is 0. The molecule has 1 fully saturated rings. The molecule has 2 rings (SSSR count). The van der Waals surface area contributed by atoms with E-state index in [1.54, 1.807) is 6.08 Å². The first-order chi connectivity index (χ1) is 9.86. The van der Waals surface area contributed by atoms with Crippen molar-refractivity contribution in [1.82, 2.24) is 15.1 Å². The van der Waals surface area contributed by atoms with Gasteiger partial charge in [-0.25, -0.2) is 0 Å². The van der Waals surface area contributed by atoms with Crippen molar-refractivity contribution < 1.29 is 0 Å². The average molecular weight is 278 g/mol. The van der Waals surface area contributed by atoms with E-state index in [4.69, 9.17) is 0 Å². The van der Waals surface area contributed by atoms with Crippen LogP contribution in [0.4, 0.5) is 0 Å². The highest BCUT2D eigenvalue weighted by Gasteiger charge is 2.13. The Kier molecular flexibility index (Phi) is 10.1. The van der Waals surface area contributed by atoms with E-state index in [9.17, 15) is 0 Å². The fourth-order valence-corrected chi connectivity index (χ4v) is 2.37. The standard InChI is InChI=1S/C11H22N4.C5H8/c1-6-14-8-4-12-2-3-13-5-9-15(7-1)11-10-14;1-3-5-4-2/h2,13H,1,3-11H2;3-5H,1H2,2H3/b;5-4-. The molecule has 4 heteroatoms. The topological polar surface area (TPSA) is 30.9 Å². The normalized spacial score (nSPS) is 27.9. The van der Waals surface area contributed by atoms with Crippen LogP contribution in [0.15, 0.2) is 29.8 Å². The molecule has 0 aromatic heterocycles. The molecule has 1 saturated heterocycles. The number of hydrogen-bond acceptors (Lipinski definition) is 4. The van der Waals surface area contributed by atoms with Crippen LogP contribution in [0.5, 0.6) is 0 Å². The molecule has 4 nitrogen and oxygen atoms in total. The quantitative estimate of drug-likeness (QED) is 0.736. The van der Waals surface area contributed by atoms with Crippen molar-refractivity contribution in [2.45, 2.75) is 13.3 Å². The molecule has 0 saturated carbocycles. The van der Waals surface area contributed by atoms with E-state index in [1.165, 1.54) is 39.1 Å².